The lowest BCUT2D eigenvalue weighted by atomic mass is 10.0. The second kappa shape index (κ2) is 10.7. The van der Waals surface area contributed by atoms with Crippen LogP contribution in [0, 0.1) is 5.92 Å². The molecule has 8 heteroatoms. The maximum absolute atomic E-state index is 5.61. The summed E-state index contributed by atoms with van der Waals surface area (Å²) in [7, 11) is 2.18. The molecule has 1 aromatic carbocycles. The van der Waals surface area contributed by atoms with Gasteiger partial charge in [-0.3, -0.25) is 4.90 Å². The summed E-state index contributed by atoms with van der Waals surface area (Å²) in [5.41, 5.74) is 1.21. The molecule has 0 spiro atoms. The molecule has 0 N–H and O–H groups in total. The Morgan fingerprint density at radius 3 is 2.36 bits per heavy atom. The minimum absolute atomic E-state index is 0. The molecule has 0 saturated carbocycles. The van der Waals surface area contributed by atoms with E-state index in [0.717, 1.165) is 50.7 Å². The van der Waals surface area contributed by atoms with Crippen molar-refractivity contribution in [3.8, 4) is 5.75 Å². The third-order valence-electron chi connectivity index (χ3n) is 5.13. The number of ether oxygens (including phenoxy) is 1. The molecule has 7 nitrogen and oxygen atoms in total. The van der Waals surface area contributed by atoms with Gasteiger partial charge in [0.2, 0.25) is 0 Å². The van der Waals surface area contributed by atoms with Gasteiger partial charge in [-0.15, -0.1) is 17.5 Å². The van der Waals surface area contributed by atoms with Crippen molar-refractivity contribution in [2.24, 2.45) is 5.92 Å². The zero-order valence-corrected chi connectivity index (χ0v) is 18.2. The summed E-state index contributed by atoms with van der Waals surface area (Å²) in [4.78, 5) is 4.86. The van der Waals surface area contributed by atoms with E-state index in [-0.39, 0.29) is 18.4 Å². The molecule has 0 aliphatic carbocycles. The van der Waals surface area contributed by atoms with Crippen LogP contribution in [-0.2, 0) is 6.54 Å². The molecule has 1 fully saturated rings. The monoisotopic (exact) mass is 408 g/mol. The Morgan fingerprint density at radius 2 is 1.75 bits per heavy atom. The minimum atomic E-state index is 0. The lowest BCUT2D eigenvalue weighted by Crippen LogP contribution is -2.46. The third-order valence-corrected chi connectivity index (χ3v) is 5.13. The largest absolute Gasteiger partial charge is 0.494 e. The van der Waals surface area contributed by atoms with Crippen LogP contribution in [0.5, 0.6) is 5.75 Å². The number of likely N-dealkylation sites (N-methyl/N-ethyl adjacent to an activating group) is 1. The van der Waals surface area contributed by atoms with Crippen molar-refractivity contribution < 1.29 is 4.74 Å². The van der Waals surface area contributed by atoms with Gasteiger partial charge in [0, 0.05) is 32.7 Å². The fourth-order valence-electron chi connectivity index (χ4n) is 3.46. The quantitative estimate of drug-likeness (QED) is 0.669. The van der Waals surface area contributed by atoms with Crippen LogP contribution in [0.3, 0.4) is 0 Å². The summed E-state index contributed by atoms with van der Waals surface area (Å²) in [6.45, 7) is 12.1. The highest BCUT2D eigenvalue weighted by Crippen LogP contribution is 2.29. The first-order valence-electron chi connectivity index (χ1n) is 10.00. The van der Waals surface area contributed by atoms with Gasteiger partial charge >= 0.3 is 0 Å². The lowest BCUT2D eigenvalue weighted by molar-refractivity contribution is 0.121. The first-order chi connectivity index (χ1) is 13.1. The van der Waals surface area contributed by atoms with E-state index in [0.29, 0.717) is 12.5 Å². The summed E-state index contributed by atoms with van der Waals surface area (Å²) in [6.07, 6.45) is 1.07. The third kappa shape index (κ3) is 5.65. The van der Waals surface area contributed by atoms with E-state index in [2.05, 4.69) is 58.4 Å². The number of nitrogens with zero attached hydrogens (tertiary/aromatic N) is 6. The average molecular weight is 409 g/mol. The van der Waals surface area contributed by atoms with Crippen molar-refractivity contribution >= 4 is 12.4 Å². The van der Waals surface area contributed by atoms with Crippen LogP contribution in [0.15, 0.2) is 24.3 Å². The Hall–Kier alpha value is -1.70. The van der Waals surface area contributed by atoms with Crippen LogP contribution < -0.4 is 4.74 Å². The standard InChI is InChI=1S/C20H32N6O.ClH/c1-5-27-18-8-6-17(7-9-18)19(25-14-12-24(4)13-15-25)20-21-22-23-26(20)11-10-16(2)3;/h6-9,16,19H,5,10-15H2,1-4H3;1H. The number of hydrogen-bond donors (Lipinski definition) is 0. The van der Waals surface area contributed by atoms with E-state index in [1.807, 2.05) is 23.7 Å². The van der Waals surface area contributed by atoms with Crippen LogP contribution >= 0.6 is 12.4 Å². The van der Waals surface area contributed by atoms with Gasteiger partial charge in [-0.05, 0) is 54.4 Å². The molecule has 1 unspecified atom stereocenters. The second-order valence-electron chi connectivity index (χ2n) is 7.69. The molecule has 0 radical (unpaired) electrons. The fourth-order valence-corrected chi connectivity index (χ4v) is 3.46. The first kappa shape index (κ1) is 22.6. The predicted molar refractivity (Wildman–Crippen MR) is 113 cm³/mol. The van der Waals surface area contributed by atoms with E-state index in [1.54, 1.807) is 0 Å². The number of rotatable bonds is 8. The Labute approximate surface area is 174 Å². The van der Waals surface area contributed by atoms with E-state index in [9.17, 15) is 0 Å². The van der Waals surface area contributed by atoms with Crippen LogP contribution in [0.4, 0.5) is 0 Å². The van der Waals surface area contributed by atoms with E-state index >= 15 is 0 Å². The molecule has 28 heavy (non-hydrogen) atoms. The number of benzene rings is 1. The molecule has 1 atom stereocenters. The van der Waals surface area contributed by atoms with Gasteiger partial charge < -0.3 is 9.64 Å². The smallest absolute Gasteiger partial charge is 0.173 e. The molecule has 0 amide bonds. The normalized spacial score (nSPS) is 16.8. The number of aryl methyl sites for hydroxylation is 1. The maximum Gasteiger partial charge on any atom is 0.173 e. The number of hydrogen-bond acceptors (Lipinski definition) is 6. The van der Waals surface area contributed by atoms with Crippen molar-refractivity contribution in [1.29, 1.82) is 0 Å². The van der Waals surface area contributed by atoms with Crippen molar-refractivity contribution in [3.63, 3.8) is 0 Å². The first-order valence-corrected chi connectivity index (χ1v) is 10.00. The van der Waals surface area contributed by atoms with Gasteiger partial charge in [0.15, 0.2) is 5.82 Å². The summed E-state index contributed by atoms with van der Waals surface area (Å²) >= 11 is 0. The Kier molecular flexibility index (Phi) is 8.66. The van der Waals surface area contributed by atoms with E-state index in [4.69, 9.17) is 4.74 Å². The second-order valence-corrected chi connectivity index (χ2v) is 7.69. The van der Waals surface area contributed by atoms with Gasteiger partial charge in [-0.25, -0.2) is 4.68 Å². The zero-order chi connectivity index (χ0) is 19.2. The van der Waals surface area contributed by atoms with Crippen LogP contribution in [-0.4, -0.2) is 69.8 Å². The molecule has 2 heterocycles. The Bertz CT molecular complexity index is 697. The van der Waals surface area contributed by atoms with E-state index in [1.165, 1.54) is 5.56 Å². The Morgan fingerprint density at radius 1 is 1.07 bits per heavy atom. The van der Waals surface area contributed by atoms with Crippen molar-refractivity contribution in [2.45, 2.75) is 39.8 Å². The lowest BCUT2D eigenvalue weighted by Gasteiger charge is -2.37. The fraction of sp³-hybridized carbons (Fsp3) is 0.650. The molecule has 1 aromatic heterocycles. The molecular weight excluding hydrogens is 376 g/mol. The maximum atomic E-state index is 5.61. The average Bonchev–Trinajstić information content (AvgIpc) is 3.11. The highest BCUT2D eigenvalue weighted by Gasteiger charge is 2.29. The number of aromatic nitrogens is 4. The van der Waals surface area contributed by atoms with Gasteiger partial charge in [-0.2, -0.15) is 0 Å². The molecular formula is C20H33ClN6O. The molecule has 3 rings (SSSR count). The SMILES string of the molecule is CCOc1ccc(C(c2nnnn2CCC(C)C)N2CCN(C)CC2)cc1.Cl. The molecule has 0 bridgehead atoms. The summed E-state index contributed by atoms with van der Waals surface area (Å²) < 4.78 is 7.60. The zero-order valence-electron chi connectivity index (χ0n) is 17.4. The molecule has 1 aliphatic rings. The van der Waals surface area contributed by atoms with Crippen molar-refractivity contribution in [2.75, 3.05) is 39.8 Å². The highest BCUT2D eigenvalue weighted by atomic mass is 35.5. The molecule has 1 saturated heterocycles. The Balaban J connectivity index is 0.00000280. The number of halogens is 1. The topological polar surface area (TPSA) is 59.3 Å². The highest BCUT2D eigenvalue weighted by molar-refractivity contribution is 5.85. The van der Waals surface area contributed by atoms with Crippen LogP contribution in [0.2, 0.25) is 0 Å². The minimum Gasteiger partial charge on any atom is -0.494 e. The van der Waals surface area contributed by atoms with Gasteiger partial charge in [0.05, 0.1) is 12.6 Å². The summed E-state index contributed by atoms with van der Waals surface area (Å²) in [5, 5.41) is 12.7. The van der Waals surface area contributed by atoms with Gasteiger partial charge in [-0.1, -0.05) is 26.0 Å². The summed E-state index contributed by atoms with van der Waals surface area (Å²) in [6, 6.07) is 8.45. The van der Waals surface area contributed by atoms with Crippen LogP contribution in [0.1, 0.15) is 44.6 Å². The predicted octanol–water partition coefficient (Wildman–Crippen LogP) is 2.88. The van der Waals surface area contributed by atoms with Crippen molar-refractivity contribution in [3.05, 3.63) is 35.7 Å². The number of piperazine rings is 1. The van der Waals surface area contributed by atoms with Crippen molar-refractivity contribution in [1.82, 2.24) is 30.0 Å². The summed E-state index contributed by atoms with van der Waals surface area (Å²) in [5.74, 6) is 2.46. The van der Waals surface area contributed by atoms with Gasteiger partial charge in [0.25, 0.3) is 0 Å². The van der Waals surface area contributed by atoms with Gasteiger partial charge in [0.1, 0.15) is 5.75 Å². The molecule has 2 aromatic rings. The van der Waals surface area contributed by atoms with E-state index < -0.39 is 0 Å². The molecule has 1 aliphatic heterocycles. The molecule has 156 valence electrons. The van der Waals surface area contributed by atoms with Crippen LogP contribution in [0.25, 0.3) is 0 Å². The number of tetrazole rings is 1.